The van der Waals surface area contributed by atoms with Crippen molar-refractivity contribution in [3.05, 3.63) is 35.6 Å². The first-order valence-corrected chi connectivity index (χ1v) is 8.08. The first-order valence-electron chi connectivity index (χ1n) is 8.08. The Hall–Kier alpha value is -2.48. The Labute approximate surface area is 140 Å². The van der Waals surface area contributed by atoms with Gasteiger partial charge >= 0.3 is 0 Å². The highest BCUT2D eigenvalue weighted by molar-refractivity contribution is 5.93. The summed E-state index contributed by atoms with van der Waals surface area (Å²) in [6.45, 7) is 6.74. The Morgan fingerprint density at radius 3 is 2.88 bits per heavy atom. The van der Waals surface area contributed by atoms with Crippen molar-refractivity contribution in [1.82, 2.24) is 25.3 Å². The highest BCUT2D eigenvalue weighted by Gasteiger charge is 2.30. The molecule has 2 aromatic heterocycles. The van der Waals surface area contributed by atoms with E-state index in [4.69, 9.17) is 4.52 Å². The van der Waals surface area contributed by atoms with Crippen LogP contribution in [0.4, 0.5) is 5.82 Å². The fraction of sp³-hybridized carbons (Fsp3) is 0.500. The number of hydrogen-bond donors (Lipinski definition) is 1. The predicted molar refractivity (Wildman–Crippen MR) is 88.9 cm³/mol. The van der Waals surface area contributed by atoms with Gasteiger partial charge in [0.15, 0.2) is 5.82 Å². The van der Waals surface area contributed by atoms with Crippen LogP contribution < -0.4 is 10.2 Å². The van der Waals surface area contributed by atoms with Crippen LogP contribution in [-0.2, 0) is 0 Å². The fourth-order valence-electron chi connectivity index (χ4n) is 2.77. The minimum absolute atomic E-state index is 0.0322. The van der Waals surface area contributed by atoms with E-state index >= 15 is 0 Å². The maximum absolute atomic E-state index is 11.8. The number of carbonyl (C=O) groups excluding carboxylic acids is 1. The summed E-state index contributed by atoms with van der Waals surface area (Å²) in [5.41, 5.74) is 0.568. The molecule has 1 fully saturated rings. The molecular formula is C16H22N6O2. The van der Waals surface area contributed by atoms with Gasteiger partial charge in [-0.2, -0.15) is 4.98 Å². The van der Waals surface area contributed by atoms with Crippen molar-refractivity contribution in [2.75, 3.05) is 38.1 Å². The molecule has 0 radical (unpaired) electrons. The van der Waals surface area contributed by atoms with Crippen molar-refractivity contribution in [1.29, 1.82) is 0 Å². The van der Waals surface area contributed by atoms with Gasteiger partial charge in [0.05, 0.1) is 5.56 Å². The zero-order chi connectivity index (χ0) is 17.1. The van der Waals surface area contributed by atoms with Crippen molar-refractivity contribution >= 4 is 11.7 Å². The SMILES string of the molecule is CCNC(=O)c1ccc(N2CCN(C)[C@@H](c3nc(C)no3)C2)nc1. The number of aromatic nitrogens is 3. The molecule has 1 atom stereocenters. The summed E-state index contributed by atoms with van der Waals surface area (Å²) in [6, 6.07) is 3.72. The number of nitrogens with zero attached hydrogens (tertiary/aromatic N) is 5. The maximum Gasteiger partial charge on any atom is 0.252 e. The van der Waals surface area contributed by atoms with Gasteiger partial charge in [0.1, 0.15) is 11.9 Å². The molecule has 0 unspecified atom stereocenters. The molecule has 3 rings (SSSR count). The first-order chi connectivity index (χ1) is 11.6. The second-order valence-electron chi connectivity index (χ2n) is 5.89. The summed E-state index contributed by atoms with van der Waals surface area (Å²) < 4.78 is 5.33. The predicted octanol–water partition coefficient (Wildman–Crippen LogP) is 1.02. The van der Waals surface area contributed by atoms with Crippen LogP contribution in [0, 0.1) is 6.92 Å². The van der Waals surface area contributed by atoms with E-state index in [1.54, 1.807) is 12.3 Å². The Morgan fingerprint density at radius 1 is 1.42 bits per heavy atom. The molecule has 3 heterocycles. The minimum Gasteiger partial charge on any atom is -0.353 e. The highest BCUT2D eigenvalue weighted by Crippen LogP contribution is 2.25. The first kappa shape index (κ1) is 16.4. The molecule has 1 amide bonds. The van der Waals surface area contributed by atoms with Gasteiger partial charge < -0.3 is 14.7 Å². The molecule has 1 aliphatic rings. The van der Waals surface area contributed by atoms with Crippen molar-refractivity contribution in [2.24, 2.45) is 0 Å². The van der Waals surface area contributed by atoms with Gasteiger partial charge in [0.2, 0.25) is 5.89 Å². The molecule has 1 N–H and O–H groups in total. The lowest BCUT2D eigenvalue weighted by Gasteiger charge is -2.38. The molecule has 128 valence electrons. The molecule has 0 bridgehead atoms. The topological polar surface area (TPSA) is 87.4 Å². The monoisotopic (exact) mass is 330 g/mol. The molecule has 0 saturated carbocycles. The second-order valence-corrected chi connectivity index (χ2v) is 5.89. The largest absolute Gasteiger partial charge is 0.353 e. The van der Waals surface area contributed by atoms with Gasteiger partial charge in [-0.05, 0) is 33.0 Å². The average molecular weight is 330 g/mol. The van der Waals surface area contributed by atoms with Gasteiger partial charge in [-0.3, -0.25) is 9.69 Å². The Bertz CT molecular complexity index is 699. The van der Waals surface area contributed by atoms with E-state index in [0.29, 0.717) is 30.4 Å². The lowest BCUT2D eigenvalue weighted by molar-refractivity contribution is 0.0955. The van der Waals surface area contributed by atoms with Gasteiger partial charge in [-0.1, -0.05) is 5.16 Å². The lowest BCUT2D eigenvalue weighted by atomic mass is 10.1. The summed E-state index contributed by atoms with van der Waals surface area (Å²) in [5, 5.41) is 6.65. The van der Waals surface area contributed by atoms with Crippen LogP contribution >= 0.6 is 0 Å². The molecule has 0 spiro atoms. The van der Waals surface area contributed by atoms with E-state index in [2.05, 4.69) is 30.2 Å². The highest BCUT2D eigenvalue weighted by atomic mass is 16.5. The summed E-state index contributed by atoms with van der Waals surface area (Å²) in [6.07, 6.45) is 1.62. The molecule has 2 aromatic rings. The molecule has 8 heteroatoms. The third kappa shape index (κ3) is 3.38. The number of aryl methyl sites for hydroxylation is 1. The van der Waals surface area contributed by atoms with Crippen LogP contribution in [0.3, 0.4) is 0 Å². The van der Waals surface area contributed by atoms with Crippen molar-refractivity contribution < 1.29 is 9.32 Å². The number of likely N-dealkylation sites (N-methyl/N-ethyl adjacent to an activating group) is 1. The Morgan fingerprint density at radius 2 is 2.25 bits per heavy atom. The van der Waals surface area contributed by atoms with Gasteiger partial charge in [-0.25, -0.2) is 4.98 Å². The molecule has 0 aromatic carbocycles. The standard InChI is InChI=1S/C16H22N6O2/c1-4-17-15(23)12-5-6-14(18-9-12)22-8-7-21(3)13(10-22)16-19-11(2)20-24-16/h5-6,9,13H,4,7-8,10H2,1-3H3,(H,17,23)/t13-/m1/s1. The third-order valence-electron chi connectivity index (χ3n) is 4.15. The van der Waals surface area contributed by atoms with E-state index in [9.17, 15) is 4.79 Å². The number of carbonyl (C=O) groups is 1. The van der Waals surface area contributed by atoms with Crippen molar-refractivity contribution in [3.63, 3.8) is 0 Å². The van der Waals surface area contributed by atoms with E-state index in [-0.39, 0.29) is 11.9 Å². The number of nitrogens with one attached hydrogen (secondary N) is 1. The fourth-order valence-corrected chi connectivity index (χ4v) is 2.77. The normalized spacial score (nSPS) is 18.6. The van der Waals surface area contributed by atoms with E-state index in [1.165, 1.54) is 0 Å². The third-order valence-corrected chi connectivity index (χ3v) is 4.15. The van der Waals surface area contributed by atoms with Gasteiger partial charge in [0, 0.05) is 32.4 Å². The van der Waals surface area contributed by atoms with Gasteiger partial charge in [0.25, 0.3) is 5.91 Å². The zero-order valence-corrected chi connectivity index (χ0v) is 14.2. The number of anilines is 1. The maximum atomic E-state index is 11.8. The summed E-state index contributed by atoms with van der Waals surface area (Å²) in [5.74, 6) is 2.00. The lowest BCUT2D eigenvalue weighted by Crippen LogP contribution is -2.47. The number of pyridine rings is 1. The molecule has 24 heavy (non-hydrogen) atoms. The van der Waals surface area contributed by atoms with Crippen LogP contribution in [0.2, 0.25) is 0 Å². The smallest absolute Gasteiger partial charge is 0.252 e. The second kappa shape index (κ2) is 6.96. The van der Waals surface area contributed by atoms with Crippen LogP contribution in [0.25, 0.3) is 0 Å². The van der Waals surface area contributed by atoms with Gasteiger partial charge in [-0.15, -0.1) is 0 Å². The molecule has 1 saturated heterocycles. The number of piperazine rings is 1. The van der Waals surface area contributed by atoms with Crippen molar-refractivity contribution in [2.45, 2.75) is 19.9 Å². The van der Waals surface area contributed by atoms with Crippen LogP contribution in [-0.4, -0.2) is 59.2 Å². The Kier molecular flexibility index (Phi) is 4.75. The molecule has 8 nitrogen and oxygen atoms in total. The zero-order valence-electron chi connectivity index (χ0n) is 14.2. The van der Waals surface area contributed by atoms with Crippen LogP contribution in [0.1, 0.15) is 35.0 Å². The minimum atomic E-state index is -0.103. The number of hydrogen-bond acceptors (Lipinski definition) is 7. The van der Waals surface area contributed by atoms with E-state index < -0.39 is 0 Å². The molecule has 0 aliphatic carbocycles. The van der Waals surface area contributed by atoms with Crippen molar-refractivity contribution in [3.8, 4) is 0 Å². The van der Waals surface area contributed by atoms with E-state index in [0.717, 1.165) is 18.9 Å². The summed E-state index contributed by atoms with van der Waals surface area (Å²) in [7, 11) is 2.05. The van der Waals surface area contributed by atoms with Crippen LogP contribution in [0.15, 0.2) is 22.9 Å². The van der Waals surface area contributed by atoms with E-state index in [1.807, 2.05) is 27.0 Å². The Balaban J connectivity index is 1.74. The number of amides is 1. The molecular weight excluding hydrogens is 308 g/mol. The summed E-state index contributed by atoms with van der Waals surface area (Å²) >= 11 is 0. The number of rotatable bonds is 4. The quantitative estimate of drug-likeness (QED) is 0.895. The molecule has 1 aliphatic heterocycles. The summed E-state index contributed by atoms with van der Waals surface area (Å²) in [4.78, 5) is 25.0. The van der Waals surface area contributed by atoms with Crippen LogP contribution in [0.5, 0.6) is 0 Å². The average Bonchev–Trinajstić information content (AvgIpc) is 3.02.